The van der Waals surface area contributed by atoms with Crippen LogP contribution in [0.25, 0.3) is 10.9 Å². The molecule has 0 spiro atoms. The highest BCUT2D eigenvalue weighted by atomic mass is 16.5. The van der Waals surface area contributed by atoms with E-state index in [4.69, 9.17) is 4.74 Å². The second kappa shape index (κ2) is 3.05. The molecule has 1 aromatic heterocycles. The average molecular weight is 172 g/mol. The Kier molecular flexibility index (Phi) is 1.89. The zero-order valence-corrected chi connectivity index (χ0v) is 7.45. The van der Waals surface area contributed by atoms with Crippen LogP contribution in [0.2, 0.25) is 0 Å². The summed E-state index contributed by atoms with van der Waals surface area (Å²) < 4.78 is 4.84. The molecule has 1 radical (unpaired) electrons. The van der Waals surface area contributed by atoms with Gasteiger partial charge in [0.05, 0.1) is 5.52 Å². The maximum Gasteiger partial charge on any atom is 0.214 e. The lowest BCUT2D eigenvalue weighted by atomic mass is 10.1. The molecule has 0 aliphatic rings. The Labute approximate surface area is 77.2 Å². The van der Waals surface area contributed by atoms with Gasteiger partial charge in [0, 0.05) is 11.5 Å². The van der Waals surface area contributed by atoms with Crippen LogP contribution in [-0.4, -0.2) is 4.98 Å². The first-order valence-corrected chi connectivity index (χ1v) is 4.09. The summed E-state index contributed by atoms with van der Waals surface area (Å²) in [5, 5.41) is 1.16. The standard InChI is InChI=1S/C11H10NO/c1-8-7-11(13-2)12-10-6-4-3-5-9(8)10/h3-7H,2H2,1H3. The number of aryl methyl sites for hydroxylation is 1. The van der Waals surface area contributed by atoms with Crippen molar-refractivity contribution in [3.05, 3.63) is 43.0 Å². The molecule has 0 aliphatic heterocycles. The van der Waals surface area contributed by atoms with Crippen molar-refractivity contribution in [3.63, 3.8) is 0 Å². The smallest absolute Gasteiger partial charge is 0.214 e. The fraction of sp³-hybridized carbons (Fsp3) is 0.0909. The quantitative estimate of drug-likeness (QED) is 0.659. The molecule has 0 fully saturated rings. The molecule has 0 unspecified atom stereocenters. The van der Waals surface area contributed by atoms with Crippen LogP contribution in [-0.2, 0) is 0 Å². The minimum Gasteiger partial charge on any atom is -0.474 e. The van der Waals surface area contributed by atoms with Crippen molar-refractivity contribution in [1.29, 1.82) is 0 Å². The van der Waals surface area contributed by atoms with Gasteiger partial charge in [-0.15, -0.1) is 0 Å². The summed E-state index contributed by atoms with van der Waals surface area (Å²) in [6.45, 7) is 2.03. The van der Waals surface area contributed by atoms with E-state index in [1.807, 2.05) is 37.3 Å². The summed E-state index contributed by atoms with van der Waals surface area (Å²) in [5.74, 6) is 0.566. The Hall–Kier alpha value is -1.57. The predicted molar refractivity (Wildman–Crippen MR) is 52.5 cm³/mol. The maximum atomic E-state index is 4.84. The third kappa shape index (κ3) is 1.35. The van der Waals surface area contributed by atoms with Crippen LogP contribution in [0.4, 0.5) is 0 Å². The van der Waals surface area contributed by atoms with Crippen LogP contribution < -0.4 is 4.74 Å². The van der Waals surface area contributed by atoms with Gasteiger partial charge in [0.15, 0.2) is 0 Å². The summed E-state index contributed by atoms with van der Waals surface area (Å²) in [6, 6.07) is 9.86. The average Bonchev–Trinajstić information content (AvgIpc) is 2.18. The highest BCUT2D eigenvalue weighted by Crippen LogP contribution is 2.20. The molecule has 0 atom stereocenters. The molecule has 2 nitrogen and oxygen atoms in total. The zero-order chi connectivity index (χ0) is 9.26. The van der Waals surface area contributed by atoms with Crippen molar-refractivity contribution < 1.29 is 4.74 Å². The lowest BCUT2D eigenvalue weighted by molar-refractivity contribution is 0.455. The number of benzene rings is 1. The molecule has 0 saturated heterocycles. The Morgan fingerprint density at radius 2 is 2.08 bits per heavy atom. The van der Waals surface area contributed by atoms with Crippen molar-refractivity contribution in [2.45, 2.75) is 6.92 Å². The predicted octanol–water partition coefficient (Wildman–Crippen LogP) is 2.71. The summed E-state index contributed by atoms with van der Waals surface area (Å²) >= 11 is 0. The SMILES string of the molecule is [CH2]Oc1cc(C)c2ccccc2n1. The topological polar surface area (TPSA) is 22.1 Å². The van der Waals surface area contributed by atoms with E-state index in [0.717, 1.165) is 16.5 Å². The highest BCUT2D eigenvalue weighted by Gasteiger charge is 2.00. The minimum atomic E-state index is 0.566. The van der Waals surface area contributed by atoms with E-state index in [0.29, 0.717) is 5.88 Å². The Morgan fingerprint density at radius 3 is 2.85 bits per heavy atom. The zero-order valence-electron chi connectivity index (χ0n) is 7.45. The second-order valence-electron chi connectivity index (χ2n) is 2.94. The van der Waals surface area contributed by atoms with E-state index in [-0.39, 0.29) is 0 Å². The lowest BCUT2D eigenvalue weighted by Crippen LogP contribution is -1.88. The normalized spacial score (nSPS) is 10.3. The lowest BCUT2D eigenvalue weighted by Gasteiger charge is -2.03. The Balaban J connectivity index is 2.77. The number of fused-ring (bicyclic) bond motifs is 1. The first kappa shape index (κ1) is 8.05. The minimum absolute atomic E-state index is 0.566. The number of aromatic nitrogens is 1. The molecule has 0 amide bonds. The van der Waals surface area contributed by atoms with E-state index in [9.17, 15) is 0 Å². The van der Waals surface area contributed by atoms with Crippen LogP contribution in [0.1, 0.15) is 5.56 Å². The van der Waals surface area contributed by atoms with E-state index in [1.165, 1.54) is 0 Å². The van der Waals surface area contributed by atoms with Gasteiger partial charge in [0.2, 0.25) is 5.88 Å². The van der Waals surface area contributed by atoms with E-state index < -0.39 is 0 Å². The van der Waals surface area contributed by atoms with Crippen LogP contribution in [0, 0.1) is 14.0 Å². The number of para-hydroxylation sites is 1. The summed E-state index contributed by atoms with van der Waals surface area (Å²) in [4.78, 5) is 4.27. The summed E-state index contributed by atoms with van der Waals surface area (Å²) in [6.07, 6.45) is 0. The fourth-order valence-electron chi connectivity index (χ4n) is 1.39. The molecule has 2 aromatic rings. The Bertz CT molecular complexity index is 437. The third-order valence-electron chi connectivity index (χ3n) is 2.05. The van der Waals surface area contributed by atoms with Crippen molar-refractivity contribution in [2.75, 3.05) is 0 Å². The van der Waals surface area contributed by atoms with E-state index in [1.54, 1.807) is 0 Å². The molecule has 0 saturated carbocycles. The summed E-state index contributed by atoms with van der Waals surface area (Å²) in [7, 11) is 3.34. The molecule has 65 valence electrons. The van der Waals surface area contributed by atoms with Crippen LogP contribution in [0.3, 0.4) is 0 Å². The number of hydrogen-bond acceptors (Lipinski definition) is 2. The molecule has 0 bridgehead atoms. The number of ether oxygens (including phenoxy) is 1. The van der Waals surface area contributed by atoms with Crippen LogP contribution in [0.5, 0.6) is 5.88 Å². The maximum absolute atomic E-state index is 4.84. The van der Waals surface area contributed by atoms with Crippen molar-refractivity contribution >= 4 is 10.9 Å². The van der Waals surface area contributed by atoms with E-state index in [2.05, 4.69) is 12.1 Å². The fourth-order valence-corrected chi connectivity index (χ4v) is 1.39. The first-order chi connectivity index (χ1) is 6.31. The van der Waals surface area contributed by atoms with Gasteiger partial charge in [-0.2, -0.15) is 0 Å². The van der Waals surface area contributed by atoms with Gasteiger partial charge >= 0.3 is 0 Å². The summed E-state index contributed by atoms with van der Waals surface area (Å²) in [5.41, 5.74) is 2.10. The van der Waals surface area contributed by atoms with Gasteiger partial charge in [0.1, 0.15) is 7.11 Å². The first-order valence-electron chi connectivity index (χ1n) is 4.09. The second-order valence-corrected chi connectivity index (χ2v) is 2.94. The van der Waals surface area contributed by atoms with Crippen molar-refractivity contribution in [1.82, 2.24) is 4.98 Å². The number of nitrogens with zero attached hydrogens (tertiary/aromatic N) is 1. The molecule has 0 N–H and O–H groups in total. The number of pyridine rings is 1. The van der Waals surface area contributed by atoms with Crippen molar-refractivity contribution in [2.24, 2.45) is 0 Å². The third-order valence-corrected chi connectivity index (χ3v) is 2.05. The molecule has 2 heteroatoms. The molecule has 2 rings (SSSR count). The largest absolute Gasteiger partial charge is 0.474 e. The van der Waals surface area contributed by atoms with Gasteiger partial charge < -0.3 is 4.74 Å². The van der Waals surface area contributed by atoms with Gasteiger partial charge in [-0.1, -0.05) is 18.2 Å². The van der Waals surface area contributed by atoms with Crippen LogP contribution >= 0.6 is 0 Å². The molecular weight excluding hydrogens is 162 g/mol. The van der Waals surface area contributed by atoms with Gasteiger partial charge in [-0.05, 0) is 18.6 Å². The molecule has 1 aromatic carbocycles. The molecule has 13 heavy (non-hydrogen) atoms. The van der Waals surface area contributed by atoms with Gasteiger partial charge in [0.25, 0.3) is 0 Å². The number of hydrogen-bond donors (Lipinski definition) is 0. The molecule has 0 aliphatic carbocycles. The molecular formula is C11H10NO. The molecule has 1 heterocycles. The monoisotopic (exact) mass is 172 g/mol. The van der Waals surface area contributed by atoms with E-state index >= 15 is 0 Å². The highest BCUT2D eigenvalue weighted by molar-refractivity contribution is 5.82. The van der Waals surface area contributed by atoms with Crippen LogP contribution in [0.15, 0.2) is 30.3 Å². The van der Waals surface area contributed by atoms with Gasteiger partial charge in [-0.25, -0.2) is 4.98 Å². The van der Waals surface area contributed by atoms with Crippen molar-refractivity contribution in [3.8, 4) is 5.88 Å². The Morgan fingerprint density at radius 1 is 1.31 bits per heavy atom. The van der Waals surface area contributed by atoms with Gasteiger partial charge in [-0.3, -0.25) is 0 Å². The number of rotatable bonds is 1.